The molecule has 0 saturated carbocycles. The van der Waals surface area contributed by atoms with Crippen LogP contribution in [0.4, 0.5) is 10.5 Å². The van der Waals surface area contributed by atoms with Gasteiger partial charge >= 0.3 is 5.24 Å². The lowest BCUT2D eigenvalue weighted by atomic mass is 10.2. The van der Waals surface area contributed by atoms with Gasteiger partial charge in [0.1, 0.15) is 5.75 Å². The molecule has 136 valence electrons. The number of nitrogens with zero attached hydrogens (tertiary/aromatic N) is 2. The predicted molar refractivity (Wildman–Crippen MR) is 96.5 cm³/mol. The molecule has 0 bridgehead atoms. The highest BCUT2D eigenvalue weighted by Gasteiger charge is 2.36. The van der Waals surface area contributed by atoms with E-state index in [0.29, 0.717) is 22.3 Å². The van der Waals surface area contributed by atoms with Crippen molar-refractivity contribution < 1.29 is 24.4 Å². The third-order valence-electron chi connectivity index (χ3n) is 3.54. The van der Waals surface area contributed by atoms with Crippen LogP contribution < -0.4 is 5.43 Å². The van der Waals surface area contributed by atoms with E-state index < -0.39 is 22.0 Å². The first-order valence-corrected chi connectivity index (χ1v) is 8.29. The quantitative estimate of drug-likeness (QED) is 0.470. The third kappa shape index (κ3) is 3.96. The average molecular weight is 385 g/mol. The monoisotopic (exact) mass is 385 g/mol. The minimum absolute atomic E-state index is 0.0576. The zero-order valence-corrected chi connectivity index (χ0v) is 14.3. The van der Waals surface area contributed by atoms with E-state index >= 15 is 0 Å². The Morgan fingerprint density at radius 3 is 2.33 bits per heavy atom. The summed E-state index contributed by atoms with van der Waals surface area (Å²) >= 11 is 0.656. The highest BCUT2D eigenvalue weighted by atomic mass is 32.2. The number of aromatic hydroxyl groups is 1. The minimum atomic E-state index is -0.752. The summed E-state index contributed by atoms with van der Waals surface area (Å²) < 4.78 is 0. The normalized spacial score (nSPS) is 15.3. The molecule has 1 aliphatic rings. The number of phenolic OH excluding ortho intramolecular Hbond substituents is 1. The van der Waals surface area contributed by atoms with Crippen LogP contribution in [-0.4, -0.2) is 32.1 Å². The van der Waals surface area contributed by atoms with Gasteiger partial charge in [0.15, 0.2) is 0 Å². The van der Waals surface area contributed by atoms with Crippen LogP contribution in [0.5, 0.6) is 5.75 Å². The number of phenols is 1. The molecule has 1 aliphatic heterocycles. The lowest BCUT2D eigenvalue weighted by molar-refractivity contribution is -0.384. The molecule has 1 fully saturated rings. The van der Waals surface area contributed by atoms with Crippen molar-refractivity contribution in [3.63, 3.8) is 0 Å². The van der Waals surface area contributed by atoms with Gasteiger partial charge in [0.2, 0.25) is 0 Å². The number of carbonyl (C=O) groups is 3. The number of non-ortho nitro benzene ring substituents is 1. The second kappa shape index (κ2) is 7.30. The molecule has 0 unspecified atom stereocenters. The number of nitro groups is 1. The Labute approximate surface area is 156 Å². The number of amides is 3. The second-order valence-corrected chi connectivity index (χ2v) is 6.35. The van der Waals surface area contributed by atoms with Crippen LogP contribution in [0.2, 0.25) is 0 Å². The van der Waals surface area contributed by atoms with E-state index in [1.54, 1.807) is 12.1 Å². The van der Waals surface area contributed by atoms with Crippen LogP contribution in [0.25, 0.3) is 6.08 Å². The predicted octanol–water partition coefficient (Wildman–Crippen LogP) is 2.68. The Morgan fingerprint density at radius 2 is 1.74 bits per heavy atom. The topological polar surface area (TPSA) is 130 Å². The van der Waals surface area contributed by atoms with Gasteiger partial charge in [0.05, 0.1) is 9.83 Å². The SMILES string of the molecule is O=C(NN1C(=O)S/C(=C\c2ccc(O)cc2)C1=O)c1ccc([N+](=O)[O-])cc1. The van der Waals surface area contributed by atoms with Crippen LogP contribution in [0.3, 0.4) is 0 Å². The Bertz CT molecular complexity index is 969. The number of hydrogen-bond donors (Lipinski definition) is 2. The van der Waals surface area contributed by atoms with Gasteiger partial charge in [-0.15, -0.1) is 0 Å². The molecule has 0 aromatic heterocycles. The van der Waals surface area contributed by atoms with Crippen molar-refractivity contribution in [3.05, 3.63) is 74.7 Å². The fourth-order valence-electron chi connectivity index (χ4n) is 2.19. The maximum Gasteiger partial charge on any atom is 0.312 e. The molecule has 2 N–H and O–H groups in total. The molecule has 9 nitrogen and oxygen atoms in total. The first-order valence-electron chi connectivity index (χ1n) is 7.47. The van der Waals surface area contributed by atoms with Crippen molar-refractivity contribution in [2.24, 2.45) is 0 Å². The summed E-state index contributed by atoms with van der Waals surface area (Å²) in [5.41, 5.74) is 2.66. The van der Waals surface area contributed by atoms with Crippen LogP contribution in [0.1, 0.15) is 15.9 Å². The van der Waals surface area contributed by atoms with Crippen molar-refractivity contribution in [2.75, 3.05) is 0 Å². The van der Waals surface area contributed by atoms with Gasteiger partial charge in [0, 0.05) is 17.7 Å². The fraction of sp³-hybridized carbons (Fsp3) is 0. The minimum Gasteiger partial charge on any atom is -0.508 e. The van der Waals surface area contributed by atoms with Crippen molar-refractivity contribution in [1.29, 1.82) is 0 Å². The van der Waals surface area contributed by atoms with Gasteiger partial charge in [-0.3, -0.25) is 29.9 Å². The molecule has 0 atom stereocenters. The number of benzene rings is 2. The van der Waals surface area contributed by atoms with Crippen LogP contribution in [0.15, 0.2) is 53.4 Å². The van der Waals surface area contributed by atoms with Crippen molar-refractivity contribution in [3.8, 4) is 5.75 Å². The standard InChI is InChI=1S/C17H11N3O6S/c21-13-7-1-10(2-8-13)9-14-16(23)19(17(24)27-14)18-15(22)11-3-5-12(6-4-11)20(25)26/h1-9,21H,(H,18,22)/b14-9-. The zero-order valence-electron chi connectivity index (χ0n) is 13.5. The summed E-state index contributed by atoms with van der Waals surface area (Å²) in [5.74, 6) is -1.39. The van der Waals surface area contributed by atoms with Crippen LogP contribution >= 0.6 is 11.8 Å². The molecule has 0 aliphatic carbocycles. The zero-order chi connectivity index (χ0) is 19.6. The van der Waals surface area contributed by atoms with E-state index in [2.05, 4.69) is 5.43 Å². The highest BCUT2D eigenvalue weighted by molar-refractivity contribution is 8.18. The molecule has 1 heterocycles. The summed E-state index contributed by atoms with van der Waals surface area (Å²) in [7, 11) is 0. The Kier molecular flexibility index (Phi) is 4.90. The van der Waals surface area contributed by atoms with Crippen molar-refractivity contribution >= 4 is 40.6 Å². The van der Waals surface area contributed by atoms with Gasteiger partial charge in [0.25, 0.3) is 17.5 Å². The van der Waals surface area contributed by atoms with Crippen molar-refractivity contribution in [2.45, 2.75) is 0 Å². The largest absolute Gasteiger partial charge is 0.508 e. The number of imide groups is 1. The summed E-state index contributed by atoms with van der Waals surface area (Å²) in [4.78, 5) is 46.7. The fourth-order valence-corrected chi connectivity index (χ4v) is 2.97. The summed E-state index contributed by atoms with van der Waals surface area (Å²) in [5, 5.41) is 19.8. The van der Waals surface area contributed by atoms with E-state index in [4.69, 9.17) is 0 Å². The van der Waals surface area contributed by atoms with Gasteiger partial charge in [-0.2, -0.15) is 5.01 Å². The van der Waals surface area contributed by atoms with Crippen LogP contribution in [-0.2, 0) is 4.79 Å². The number of hydrazine groups is 1. The molecule has 3 amide bonds. The number of hydrogen-bond acceptors (Lipinski definition) is 7. The Hall–Kier alpha value is -3.66. The van der Waals surface area contributed by atoms with E-state index in [0.717, 1.165) is 12.1 Å². The number of nitro benzene ring substituents is 1. The van der Waals surface area contributed by atoms with E-state index in [-0.39, 0.29) is 21.9 Å². The molecule has 1 saturated heterocycles. The number of rotatable bonds is 4. The third-order valence-corrected chi connectivity index (χ3v) is 4.41. The summed E-state index contributed by atoms with van der Waals surface area (Å²) in [6.07, 6.45) is 1.46. The second-order valence-electron chi connectivity index (χ2n) is 5.35. The van der Waals surface area contributed by atoms with Gasteiger partial charge in [-0.25, -0.2) is 0 Å². The summed E-state index contributed by atoms with van der Waals surface area (Å²) in [6, 6.07) is 10.7. The lowest BCUT2D eigenvalue weighted by Gasteiger charge is -2.13. The maximum atomic E-state index is 12.4. The molecule has 27 heavy (non-hydrogen) atoms. The average Bonchev–Trinajstić information content (AvgIpc) is 2.91. The Balaban J connectivity index is 1.74. The van der Waals surface area contributed by atoms with Gasteiger partial charge in [-0.05, 0) is 47.7 Å². The molecule has 3 rings (SSSR count). The van der Waals surface area contributed by atoms with Crippen LogP contribution in [0, 0.1) is 10.1 Å². The van der Waals surface area contributed by atoms with E-state index in [1.807, 2.05) is 0 Å². The van der Waals surface area contributed by atoms with Gasteiger partial charge < -0.3 is 5.11 Å². The highest BCUT2D eigenvalue weighted by Crippen LogP contribution is 2.31. The molecular formula is C17H11N3O6S. The van der Waals surface area contributed by atoms with Crippen molar-refractivity contribution in [1.82, 2.24) is 10.4 Å². The number of thioether (sulfide) groups is 1. The smallest absolute Gasteiger partial charge is 0.312 e. The Morgan fingerprint density at radius 1 is 1.11 bits per heavy atom. The summed E-state index contributed by atoms with van der Waals surface area (Å²) in [6.45, 7) is 0. The van der Waals surface area contributed by atoms with Gasteiger partial charge in [-0.1, -0.05) is 12.1 Å². The molecule has 2 aromatic rings. The molecule has 10 heteroatoms. The first-order chi connectivity index (χ1) is 12.8. The molecule has 0 spiro atoms. The maximum absolute atomic E-state index is 12.4. The van der Waals surface area contributed by atoms with E-state index in [9.17, 15) is 29.6 Å². The number of carbonyl (C=O) groups excluding carboxylic acids is 3. The first kappa shape index (κ1) is 18.1. The lowest BCUT2D eigenvalue weighted by Crippen LogP contribution is -2.44. The molecule has 2 aromatic carbocycles. The van der Waals surface area contributed by atoms with E-state index in [1.165, 1.54) is 30.3 Å². The molecular weight excluding hydrogens is 374 g/mol. The molecule has 0 radical (unpaired) electrons. The number of nitrogens with one attached hydrogen (secondary N) is 1.